The highest BCUT2D eigenvalue weighted by Crippen LogP contribution is 2.38. The van der Waals surface area contributed by atoms with Crippen molar-refractivity contribution in [3.05, 3.63) is 89.1 Å². The first-order valence-electron chi connectivity index (χ1n) is 10.1. The number of carbonyl (C=O) groups excluding carboxylic acids is 2. The number of anilines is 2. The minimum Gasteiger partial charge on any atom is -0.495 e. The van der Waals surface area contributed by atoms with Gasteiger partial charge in [-0.25, -0.2) is 4.90 Å². The van der Waals surface area contributed by atoms with Crippen LogP contribution in [0, 0.1) is 0 Å². The van der Waals surface area contributed by atoms with Crippen LogP contribution in [0.1, 0.15) is 12.5 Å². The fraction of sp³-hybridized carbons (Fsp3) is 0.120. The van der Waals surface area contributed by atoms with Crippen molar-refractivity contribution in [3.8, 4) is 11.5 Å². The monoisotopic (exact) mass is 448 g/mol. The molecule has 0 saturated heterocycles. The smallest absolute Gasteiger partial charge is 0.282 e. The molecular formula is C25H21ClN2O4. The lowest BCUT2D eigenvalue weighted by Crippen LogP contribution is -2.32. The first-order chi connectivity index (χ1) is 15.5. The number of amides is 2. The predicted molar refractivity (Wildman–Crippen MR) is 125 cm³/mol. The molecule has 0 bridgehead atoms. The van der Waals surface area contributed by atoms with Gasteiger partial charge >= 0.3 is 0 Å². The summed E-state index contributed by atoms with van der Waals surface area (Å²) in [6, 6.07) is 20.9. The maximum absolute atomic E-state index is 13.5. The third kappa shape index (κ3) is 4.05. The number of hydrogen-bond acceptors (Lipinski definition) is 5. The zero-order chi connectivity index (χ0) is 22.7. The Bertz CT molecular complexity index is 1200. The molecule has 0 atom stereocenters. The van der Waals surface area contributed by atoms with Gasteiger partial charge in [0.2, 0.25) is 0 Å². The molecule has 1 heterocycles. The molecule has 1 aliphatic rings. The highest BCUT2D eigenvalue weighted by molar-refractivity contribution is 6.46. The predicted octanol–water partition coefficient (Wildman–Crippen LogP) is 5.14. The van der Waals surface area contributed by atoms with E-state index in [9.17, 15) is 9.59 Å². The fourth-order valence-corrected chi connectivity index (χ4v) is 3.66. The molecule has 32 heavy (non-hydrogen) atoms. The first kappa shape index (κ1) is 21.5. The lowest BCUT2D eigenvalue weighted by Gasteiger charge is -2.18. The lowest BCUT2D eigenvalue weighted by atomic mass is 10.0. The van der Waals surface area contributed by atoms with E-state index in [2.05, 4.69) is 5.32 Å². The molecular weight excluding hydrogens is 428 g/mol. The molecule has 3 aromatic carbocycles. The van der Waals surface area contributed by atoms with Crippen LogP contribution in [0.2, 0.25) is 5.02 Å². The maximum Gasteiger partial charge on any atom is 0.282 e. The molecule has 162 valence electrons. The van der Waals surface area contributed by atoms with Crippen LogP contribution in [-0.4, -0.2) is 25.5 Å². The van der Waals surface area contributed by atoms with Crippen molar-refractivity contribution in [2.45, 2.75) is 6.92 Å². The average Bonchev–Trinajstić information content (AvgIpc) is 3.04. The topological polar surface area (TPSA) is 67.9 Å². The summed E-state index contributed by atoms with van der Waals surface area (Å²) in [6.45, 7) is 2.41. The Balaban J connectivity index is 1.81. The van der Waals surface area contributed by atoms with E-state index in [4.69, 9.17) is 21.1 Å². The average molecular weight is 449 g/mol. The number of hydrogen-bond donors (Lipinski definition) is 1. The Labute approximate surface area is 191 Å². The number of rotatable bonds is 7. The molecule has 1 aliphatic heterocycles. The Hall–Kier alpha value is -3.77. The maximum atomic E-state index is 13.5. The van der Waals surface area contributed by atoms with E-state index in [1.807, 2.05) is 19.1 Å². The van der Waals surface area contributed by atoms with Gasteiger partial charge in [0.15, 0.2) is 0 Å². The van der Waals surface area contributed by atoms with Gasteiger partial charge in [-0.1, -0.05) is 41.9 Å². The molecule has 0 spiro atoms. The number of nitrogens with zero attached hydrogens (tertiary/aromatic N) is 1. The van der Waals surface area contributed by atoms with Gasteiger partial charge in [-0.2, -0.15) is 0 Å². The number of para-hydroxylation sites is 2. The number of benzene rings is 3. The Morgan fingerprint density at radius 2 is 1.69 bits per heavy atom. The van der Waals surface area contributed by atoms with Crippen LogP contribution in [0.5, 0.6) is 11.5 Å². The van der Waals surface area contributed by atoms with Crippen LogP contribution in [0.4, 0.5) is 11.4 Å². The molecule has 0 aliphatic carbocycles. The zero-order valence-electron chi connectivity index (χ0n) is 17.6. The molecule has 3 aromatic rings. The van der Waals surface area contributed by atoms with E-state index < -0.39 is 11.8 Å². The van der Waals surface area contributed by atoms with Gasteiger partial charge in [0, 0.05) is 16.8 Å². The van der Waals surface area contributed by atoms with E-state index in [1.165, 1.54) is 7.11 Å². The van der Waals surface area contributed by atoms with Gasteiger partial charge in [-0.15, -0.1) is 0 Å². The van der Waals surface area contributed by atoms with Crippen LogP contribution in [-0.2, 0) is 9.59 Å². The van der Waals surface area contributed by atoms with Crippen LogP contribution in [0.3, 0.4) is 0 Å². The second kappa shape index (κ2) is 9.16. The third-order valence-electron chi connectivity index (χ3n) is 4.96. The molecule has 6 nitrogen and oxygen atoms in total. The Kier molecular flexibility index (Phi) is 6.14. The van der Waals surface area contributed by atoms with Crippen molar-refractivity contribution >= 4 is 40.4 Å². The standard InChI is InChI=1S/C25H21ClN2O4/c1-3-32-19-8-6-7-18(15-19)27-23-22(16-11-13-17(26)14-12-16)24(29)28(25(23)30)20-9-4-5-10-21(20)31-2/h4-15,27H,3H2,1-2H3. The molecule has 7 heteroatoms. The summed E-state index contributed by atoms with van der Waals surface area (Å²) < 4.78 is 10.9. The summed E-state index contributed by atoms with van der Waals surface area (Å²) in [5.41, 5.74) is 1.99. The van der Waals surface area contributed by atoms with E-state index in [-0.39, 0.29) is 11.3 Å². The van der Waals surface area contributed by atoms with Crippen molar-refractivity contribution < 1.29 is 19.1 Å². The summed E-state index contributed by atoms with van der Waals surface area (Å²) in [7, 11) is 1.50. The van der Waals surface area contributed by atoms with Crippen LogP contribution < -0.4 is 19.7 Å². The van der Waals surface area contributed by atoms with E-state index in [0.717, 1.165) is 4.90 Å². The van der Waals surface area contributed by atoms with Crippen molar-refractivity contribution in [2.24, 2.45) is 0 Å². The number of nitrogens with one attached hydrogen (secondary N) is 1. The van der Waals surface area contributed by atoms with Gasteiger partial charge in [-0.3, -0.25) is 9.59 Å². The molecule has 2 amide bonds. The number of methoxy groups -OCH3 is 1. The molecule has 0 aromatic heterocycles. The second-order valence-corrected chi connectivity index (χ2v) is 7.40. The number of halogens is 1. The van der Waals surface area contributed by atoms with Crippen molar-refractivity contribution in [1.82, 2.24) is 0 Å². The minimum atomic E-state index is -0.480. The molecule has 0 fully saturated rings. The highest BCUT2D eigenvalue weighted by Gasteiger charge is 2.41. The van der Waals surface area contributed by atoms with Crippen molar-refractivity contribution in [2.75, 3.05) is 23.9 Å². The summed E-state index contributed by atoms with van der Waals surface area (Å²) in [5, 5.41) is 3.67. The van der Waals surface area contributed by atoms with Crippen LogP contribution in [0.25, 0.3) is 5.57 Å². The van der Waals surface area contributed by atoms with Crippen LogP contribution in [0.15, 0.2) is 78.5 Å². The molecule has 0 radical (unpaired) electrons. The van der Waals surface area contributed by atoms with Crippen molar-refractivity contribution in [1.29, 1.82) is 0 Å². The SMILES string of the molecule is CCOc1cccc(NC2=C(c3ccc(Cl)cc3)C(=O)N(c3ccccc3OC)C2=O)c1. The molecule has 1 N–H and O–H groups in total. The normalized spacial score (nSPS) is 13.5. The van der Waals surface area contributed by atoms with Gasteiger partial charge in [0.25, 0.3) is 11.8 Å². The Morgan fingerprint density at radius 1 is 0.938 bits per heavy atom. The quantitative estimate of drug-likeness (QED) is 0.506. The van der Waals surface area contributed by atoms with E-state index in [0.29, 0.717) is 40.1 Å². The number of imide groups is 1. The van der Waals surface area contributed by atoms with Gasteiger partial charge < -0.3 is 14.8 Å². The summed E-state index contributed by atoms with van der Waals surface area (Å²) in [5.74, 6) is 0.144. The lowest BCUT2D eigenvalue weighted by molar-refractivity contribution is -0.120. The van der Waals surface area contributed by atoms with Crippen molar-refractivity contribution in [3.63, 3.8) is 0 Å². The largest absolute Gasteiger partial charge is 0.495 e. The molecule has 0 saturated carbocycles. The molecule has 4 rings (SSSR count). The van der Waals surface area contributed by atoms with Crippen LogP contribution >= 0.6 is 11.6 Å². The van der Waals surface area contributed by atoms with E-state index in [1.54, 1.807) is 60.7 Å². The fourth-order valence-electron chi connectivity index (χ4n) is 3.54. The summed E-state index contributed by atoms with van der Waals surface area (Å²) >= 11 is 6.04. The second-order valence-electron chi connectivity index (χ2n) is 6.96. The van der Waals surface area contributed by atoms with Gasteiger partial charge in [0.1, 0.15) is 17.2 Å². The number of ether oxygens (including phenoxy) is 2. The Morgan fingerprint density at radius 3 is 2.41 bits per heavy atom. The van der Waals surface area contributed by atoms with Gasteiger partial charge in [0.05, 0.1) is 25.0 Å². The highest BCUT2D eigenvalue weighted by atomic mass is 35.5. The minimum absolute atomic E-state index is 0.164. The van der Waals surface area contributed by atoms with Gasteiger partial charge in [-0.05, 0) is 48.9 Å². The summed E-state index contributed by atoms with van der Waals surface area (Å²) in [4.78, 5) is 28.2. The number of carbonyl (C=O) groups is 2. The molecule has 0 unspecified atom stereocenters. The third-order valence-corrected chi connectivity index (χ3v) is 5.21. The summed E-state index contributed by atoms with van der Waals surface area (Å²) in [6.07, 6.45) is 0. The first-order valence-corrected chi connectivity index (χ1v) is 10.4. The zero-order valence-corrected chi connectivity index (χ0v) is 18.3. The van der Waals surface area contributed by atoms with E-state index >= 15 is 0 Å².